The van der Waals surface area contributed by atoms with Crippen molar-refractivity contribution in [1.82, 2.24) is 9.78 Å². The van der Waals surface area contributed by atoms with E-state index in [1.54, 1.807) is 12.1 Å². The summed E-state index contributed by atoms with van der Waals surface area (Å²) in [6.45, 7) is 3.44. The van der Waals surface area contributed by atoms with Crippen molar-refractivity contribution in [2.45, 2.75) is 13.5 Å². The van der Waals surface area contributed by atoms with Gasteiger partial charge in [-0.2, -0.15) is 5.10 Å². The second kappa shape index (κ2) is 6.10. The Kier molecular flexibility index (Phi) is 4.24. The minimum absolute atomic E-state index is 0.368. The molecule has 6 heteroatoms. The van der Waals surface area contributed by atoms with Crippen LogP contribution in [0.2, 0.25) is 0 Å². The summed E-state index contributed by atoms with van der Waals surface area (Å²) in [5.41, 5.74) is 8.47. The van der Waals surface area contributed by atoms with Crippen LogP contribution in [0.3, 0.4) is 0 Å². The van der Waals surface area contributed by atoms with Crippen LogP contribution in [-0.4, -0.2) is 29.4 Å². The van der Waals surface area contributed by atoms with E-state index in [0.717, 1.165) is 17.8 Å². The lowest BCUT2D eigenvalue weighted by molar-refractivity contribution is 0.0602. The zero-order valence-electron chi connectivity index (χ0n) is 11.6. The number of carbonyl (C=O) groups is 1. The number of ether oxygens (including phenoxy) is 1. The van der Waals surface area contributed by atoms with Gasteiger partial charge in [-0.25, -0.2) is 4.79 Å². The third kappa shape index (κ3) is 3.28. The molecule has 106 valence electrons. The normalized spacial score (nSPS) is 10.3. The number of hydrogen-bond donors (Lipinski definition) is 2. The van der Waals surface area contributed by atoms with Crippen molar-refractivity contribution >= 4 is 17.3 Å². The van der Waals surface area contributed by atoms with Crippen LogP contribution < -0.4 is 11.1 Å². The lowest BCUT2D eigenvalue weighted by Gasteiger charge is -2.09. The van der Waals surface area contributed by atoms with Crippen molar-refractivity contribution in [1.29, 1.82) is 0 Å². The van der Waals surface area contributed by atoms with E-state index in [1.807, 2.05) is 30.1 Å². The summed E-state index contributed by atoms with van der Waals surface area (Å²) < 4.78 is 6.55. The van der Waals surface area contributed by atoms with Crippen LogP contribution in [-0.2, 0) is 11.3 Å². The molecule has 0 saturated carbocycles. The van der Waals surface area contributed by atoms with Gasteiger partial charge in [0.15, 0.2) is 0 Å². The molecule has 0 amide bonds. The Balaban J connectivity index is 1.97. The van der Waals surface area contributed by atoms with Crippen LogP contribution in [0.15, 0.2) is 30.6 Å². The van der Waals surface area contributed by atoms with E-state index < -0.39 is 5.97 Å². The minimum Gasteiger partial charge on any atom is -0.465 e. The molecule has 0 radical (unpaired) electrons. The molecule has 6 nitrogen and oxygen atoms in total. The summed E-state index contributed by atoms with van der Waals surface area (Å²) >= 11 is 0. The van der Waals surface area contributed by atoms with Crippen molar-refractivity contribution in [2.24, 2.45) is 0 Å². The van der Waals surface area contributed by atoms with E-state index in [0.29, 0.717) is 17.8 Å². The molecule has 0 unspecified atom stereocenters. The van der Waals surface area contributed by atoms with Gasteiger partial charge in [-0.1, -0.05) is 0 Å². The van der Waals surface area contributed by atoms with Crippen LogP contribution in [0.4, 0.5) is 11.4 Å². The Morgan fingerprint density at radius 3 is 2.95 bits per heavy atom. The molecular formula is C14H18N4O2. The highest BCUT2D eigenvalue weighted by atomic mass is 16.5. The number of nitrogens with zero attached hydrogens (tertiary/aromatic N) is 2. The van der Waals surface area contributed by atoms with E-state index in [-0.39, 0.29) is 0 Å². The smallest absolute Gasteiger partial charge is 0.340 e. The van der Waals surface area contributed by atoms with Crippen LogP contribution in [0.1, 0.15) is 15.9 Å². The number of rotatable bonds is 5. The summed E-state index contributed by atoms with van der Waals surface area (Å²) in [7, 11) is 1.34. The Labute approximate surface area is 117 Å². The fourth-order valence-electron chi connectivity index (χ4n) is 1.86. The Bertz CT molecular complexity index is 607. The molecule has 0 spiro atoms. The van der Waals surface area contributed by atoms with Crippen LogP contribution >= 0.6 is 0 Å². The number of nitrogen functional groups attached to an aromatic ring is 1. The number of anilines is 2. The number of aromatic nitrogens is 2. The van der Waals surface area contributed by atoms with Crippen LogP contribution in [0, 0.1) is 6.92 Å². The van der Waals surface area contributed by atoms with Gasteiger partial charge in [0, 0.05) is 24.1 Å². The summed E-state index contributed by atoms with van der Waals surface area (Å²) in [5.74, 6) is -0.436. The summed E-state index contributed by atoms with van der Waals surface area (Å²) in [6, 6.07) is 5.21. The van der Waals surface area contributed by atoms with E-state index >= 15 is 0 Å². The number of methoxy groups -OCH3 is 1. The second-order valence-corrected chi connectivity index (χ2v) is 4.50. The van der Waals surface area contributed by atoms with Crippen molar-refractivity contribution < 1.29 is 9.53 Å². The molecule has 0 saturated heterocycles. The highest BCUT2D eigenvalue weighted by molar-refractivity contribution is 5.96. The zero-order valence-corrected chi connectivity index (χ0v) is 11.6. The zero-order chi connectivity index (χ0) is 14.5. The van der Waals surface area contributed by atoms with Gasteiger partial charge in [0.1, 0.15) is 0 Å². The molecular weight excluding hydrogens is 256 g/mol. The highest BCUT2D eigenvalue weighted by Crippen LogP contribution is 2.18. The van der Waals surface area contributed by atoms with Gasteiger partial charge in [0.2, 0.25) is 0 Å². The van der Waals surface area contributed by atoms with Crippen molar-refractivity contribution in [3.8, 4) is 0 Å². The molecule has 2 aromatic rings. The SMILES string of the molecule is COC(=O)c1cc(NCCn2cc(C)cn2)ccc1N. The first-order valence-corrected chi connectivity index (χ1v) is 6.31. The molecule has 2 rings (SSSR count). The summed E-state index contributed by atoms with van der Waals surface area (Å²) in [6.07, 6.45) is 3.79. The maximum atomic E-state index is 11.5. The maximum absolute atomic E-state index is 11.5. The summed E-state index contributed by atoms with van der Waals surface area (Å²) in [4.78, 5) is 11.5. The molecule has 0 fully saturated rings. The van der Waals surface area contributed by atoms with Gasteiger partial charge in [-0.05, 0) is 30.7 Å². The third-order valence-corrected chi connectivity index (χ3v) is 2.89. The van der Waals surface area contributed by atoms with Crippen molar-refractivity contribution in [3.05, 3.63) is 41.7 Å². The minimum atomic E-state index is -0.436. The molecule has 0 bridgehead atoms. The van der Waals surface area contributed by atoms with Gasteiger partial charge in [0.05, 0.1) is 25.4 Å². The lowest BCUT2D eigenvalue weighted by Crippen LogP contribution is -2.12. The van der Waals surface area contributed by atoms with Gasteiger partial charge >= 0.3 is 5.97 Å². The van der Waals surface area contributed by atoms with Gasteiger partial charge in [0.25, 0.3) is 0 Å². The fourth-order valence-corrected chi connectivity index (χ4v) is 1.86. The number of aryl methyl sites for hydroxylation is 1. The fraction of sp³-hybridized carbons (Fsp3) is 0.286. The number of benzene rings is 1. The molecule has 20 heavy (non-hydrogen) atoms. The summed E-state index contributed by atoms with van der Waals surface area (Å²) in [5, 5.41) is 7.43. The number of nitrogens with one attached hydrogen (secondary N) is 1. The molecule has 0 aliphatic rings. The average molecular weight is 274 g/mol. The predicted octanol–water partition coefficient (Wildman–Crippen LogP) is 1.67. The first-order chi connectivity index (χ1) is 9.60. The monoisotopic (exact) mass is 274 g/mol. The van der Waals surface area contributed by atoms with E-state index in [4.69, 9.17) is 5.73 Å². The largest absolute Gasteiger partial charge is 0.465 e. The van der Waals surface area contributed by atoms with E-state index in [9.17, 15) is 4.79 Å². The standard InChI is InChI=1S/C14H18N4O2/c1-10-8-17-18(9-10)6-5-16-11-3-4-13(15)12(7-11)14(19)20-2/h3-4,7-9,16H,5-6,15H2,1-2H3. The molecule has 0 aliphatic heterocycles. The molecule has 1 heterocycles. The molecule has 0 atom stereocenters. The second-order valence-electron chi connectivity index (χ2n) is 4.50. The Hall–Kier alpha value is -2.50. The highest BCUT2D eigenvalue weighted by Gasteiger charge is 2.10. The number of esters is 1. The van der Waals surface area contributed by atoms with E-state index in [2.05, 4.69) is 15.2 Å². The third-order valence-electron chi connectivity index (χ3n) is 2.89. The van der Waals surface area contributed by atoms with E-state index in [1.165, 1.54) is 7.11 Å². The number of nitrogens with two attached hydrogens (primary N) is 1. The molecule has 1 aromatic carbocycles. The molecule has 3 N–H and O–H groups in total. The van der Waals surface area contributed by atoms with Gasteiger partial charge in [-0.3, -0.25) is 4.68 Å². The van der Waals surface area contributed by atoms with Crippen molar-refractivity contribution in [3.63, 3.8) is 0 Å². The Morgan fingerprint density at radius 1 is 1.50 bits per heavy atom. The van der Waals surface area contributed by atoms with Crippen LogP contribution in [0.5, 0.6) is 0 Å². The van der Waals surface area contributed by atoms with Crippen LogP contribution in [0.25, 0.3) is 0 Å². The number of hydrogen-bond acceptors (Lipinski definition) is 5. The number of carbonyl (C=O) groups excluding carboxylic acids is 1. The quantitative estimate of drug-likeness (QED) is 0.640. The molecule has 1 aromatic heterocycles. The average Bonchev–Trinajstić information content (AvgIpc) is 2.85. The first kappa shape index (κ1) is 13.9. The topological polar surface area (TPSA) is 82.2 Å². The van der Waals surface area contributed by atoms with Gasteiger partial charge in [-0.15, -0.1) is 0 Å². The Morgan fingerprint density at radius 2 is 2.30 bits per heavy atom. The molecule has 0 aliphatic carbocycles. The van der Waals surface area contributed by atoms with Crippen molar-refractivity contribution in [2.75, 3.05) is 24.7 Å². The maximum Gasteiger partial charge on any atom is 0.340 e. The lowest BCUT2D eigenvalue weighted by atomic mass is 10.1. The predicted molar refractivity (Wildman–Crippen MR) is 77.6 cm³/mol. The first-order valence-electron chi connectivity index (χ1n) is 6.31. The van der Waals surface area contributed by atoms with Gasteiger partial charge < -0.3 is 15.8 Å².